The molecule has 1 heterocycles. The summed E-state index contributed by atoms with van der Waals surface area (Å²) in [4.78, 5) is 12.5. The van der Waals surface area contributed by atoms with Gasteiger partial charge in [-0.1, -0.05) is 17.7 Å². The Kier molecular flexibility index (Phi) is 6.09. The zero-order valence-corrected chi connectivity index (χ0v) is 15.5. The molecule has 2 rings (SSSR count). The Morgan fingerprint density at radius 3 is 2.67 bits per heavy atom. The van der Waals surface area contributed by atoms with Crippen molar-refractivity contribution in [2.24, 2.45) is 0 Å². The van der Waals surface area contributed by atoms with Crippen LogP contribution in [0.1, 0.15) is 9.67 Å². The molecule has 0 radical (unpaired) electrons. The highest BCUT2D eigenvalue weighted by atomic mass is 35.5. The lowest BCUT2D eigenvalue weighted by atomic mass is 10.3. The molecule has 1 aromatic heterocycles. The normalized spacial score (nSPS) is 11.1. The van der Waals surface area contributed by atoms with E-state index in [0.717, 1.165) is 6.26 Å². The molecule has 0 aliphatic heterocycles. The second kappa shape index (κ2) is 7.87. The third-order valence-corrected chi connectivity index (χ3v) is 5.53. The van der Waals surface area contributed by atoms with Gasteiger partial charge in [0, 0.05) is 6.54 Å². The fourth-order valence-electron chi connectivity index (χ4n) is 2.06. The highest BCUT2D eigenvalue weighted by Crippen LogP contribution is 2.30. The van der Waals surface area contributed by atoms with Crippen molar-refractivity contribution in [3.8, 4) is 5.75 Å². The highest BCUT2D eigenvalue weighted by molar-refractivity contribution is 7.92. The molecule has 24 heavy (non-hydrogen) atoms. The first-order valence-corrected chi connectivity index (χ1v) is 10.1. The van der Waals surface area contributed by atoms with Gasteiger partial charge in [-0.05, 0) is 29.6 Å². The number of hydrogen-bond acceptors (Lipinski definition) is 5. The molecule has 0 atom stereocenters. The standard InChI is InChI=1S/C15H17ClN2O4S2/c1-22-13-6-5-11(10-12(13)16)18(24(2,20)21)8-7-17-15(19)14-4-3-9-23-14/h3-6,9-10H,7-8H2,1-2H3,(H,17,19). The van der Waals surface area contributed by atoms with Crippen molar-refractivity contribution >= 4 is 44.6 Å². The van der Waals surface area contributed by atoms with Crippen molar-refractivity contribution in [2.75, 3.05) is 30.8 Å². The summed E-state index contributed by atoms with van der Waals surface area (Å²) in [5, 5.41) is 4.82. The van der Waals surface area contributed by atoms with Crippen molar-refractivity contribution in [1.29, 1.82) is 0 Å². The van der Waals surface area contributed by atoms with E-state index in [1.807, 2.05) is 0 Å². The number of hydrogen-bond donors (Lipinski definition) is 1. The summed E-state index contributed by atoms with van der Waals surface area (Å²) in [5.41, 5.74) is 0.411. The smallest absolute Gasteiger partial charge is 0.261 e. The third-order valence-electron chi connectivity index (χ3n) is 3.17. The van der Waals surface area contributed by atoms with Crippen molar-refractivity contribution in [3.63, 3.8) is 0 Å². The Labute approximate surface area is 150 Å². The topological polar surface area (TPSA) is 75.7 Å². The number of carbonyl (C=O) groups is 1. The van der Waals surface area contributed by atoms with Crippen molar-refractivity contribution < 1.29 is 17.9 Å². The number of nitrogens with one attached hydrogen (secondary N) is 1. The molecular formula is C15H17ClN2O4S2. The molecule has 1 aromatic carbocycles. The van der Waals surface area contributed by atoms with E-state index in [2.05, 4.69) is 5.32 Å². The summed E-state index contributed by atoms with van der Waals surface area (Å²) < 4.78 is 30.3. The van der Waals surface area contributed by atoms with Gasteiger partial charge in [0.25, 0.3) is 5.91 Å². The second-order valence-electron chi connectivity index (χ2n) is 4.89. The largest absolute Gasteiger partial charge is 0.495 e. The predicted molar refractivity (Wildman–Crippen MR) is 96.8 cm³/mol. The minimum atomic E-state index is -3.52. The van der Waals surface area contributed by atoms with Crippen LogP contribution in [0.5, 0.6) is 5.75 Å². The average molecular weight is 389 g/mol. The van der Waals surface area contributed by atoms with Crippen LogP contribution in [0.2, 0.25) is 5.02 Å². The molecule has 0 bridgehead atoms. The summed E-state index contributed by atoms with van der Waals surface area (Å²) in [6.07, 6.45) is 1.10. The first-order valence-electron chi connectivity index (χ1n) is 6.96. The summed E-state index contributed by atoms with van der Waals surface area (Å²) in [7, 11) is -2.04. The molecule has 0 spiro atoms. The molecule has 0 unspecified atom stereocenters. The van der Waals surface area contributed by atoms with E-state index >= 15 is 0 Å². The number of carbonyl (C=O) groups excluding carboxylic acids is 1. The predicted octanol–water partition coefficient (Wildman–Crippen LogP) is 2.61. The van der Waals surface area contributed by atoms with E-state index in [0.29, 0.717) is 21.3 Å². The number of sulfonamides is 1. The van der Waals surface area contributed by atoms with Gasteiger partial charge in [0.15, 0.2) is 0 Å². The van der Waals surface area contributed by atoms with Gasteiger partial charge in [0.2, 0.25) is 10.0 Å². The number of halogens is 1. The lowest BCUT2D eigenvalue weighted by Gasteiger charge is -2.23. The van der Waals surface area contributed by atoms with Gasteiger partial charge >= 0.3 is 0 Å². The van der Waals surface area contributed by atoms with Crippen LogP contribution in [0, 0.1) is 0 Å². The number of thiophene rings is 1. The number of ether oxygens (including phenoxy) is 1. The summed E-state index contributed by atoms with van der Waals surface area (Å²) in [5.74, 6) is 0.228. The Morgan fingerprint density at radius 1 is 1.38 bits per heavy atom. The molecule has 2 aromatic rings. The lowest BCUT2D eigenvalue weighted by molar-refractivity contribution is 0.0959. The van der Waals surface area contributed by atoms with E-state index in [4.69, 9.17) is 16.3 Å². The maximum absolute atomic E-state index is 12.0. The van der Waals surface area contributed by atoms with E-state index in [1.54, 1.807) is 29.6 Å². The van der Waals surface area contributed by atoms with Crippen LogP contribution in [0.15, 0.2) is 35.7 Å². The second-order valence-corrected chi connectivity index (χ2v) is 8.15. The van der Waals surface area contributed by atoms with Gasteiger partial charge in [0.1, 0.15) is 5.75 Å². The number of benzene rings is 1. The van der Waals surface area contributed by atoms with Crippen LogP contribution < -0.4 is 14.4 Å². The molecule has 6 nitrogen and oxygen atoms in total. The maximum Gasteiger partial charge on any atom is 0.261 e. The van der Waals surface area contributed by atoms with Crippen LogP contribution in [-0.2, 0) is 10.0 Å². The number of amides is 1. The quantitative estimate of drug-likeness (QED) is 0.791. The molecular weight excluding hydrogens is 372 g/mol. The summed E-state index contributed by atoms with van der Waals surface area (Å²) in [6.45, 7) is 0.270. The van der Waals surface area contributed by atoms with Gasteiger partial charge < -0.3 is 10.1 Å². The number of nitrogens with zero attached hydrogens (tertiary/aromatic N) is 1. The van der Waals surface area contributed by atoms with Crippen molar-refractivity contribution in [3.05, 3.63) is 45.6 Å². The maximum atomic E-state index is 12.0. The van der Waals surface area contributed by atoms with E-state index in [1.165, 1.54) is 28.8 Å². The number of rotatable bonds is 7. The first-order chi connectivity index (χ1) is 11.3. The van der Waals surface area contributed by atoms with Crippen LogP contribution in [-0.4, -0.2) is 40.8 Å². The van der Waals surface area contributed by atoms with Gasteiger partial charge in [0.05, 0.1) is 35.5 Å². The van der Waals surface area contributed by atoms with Crippen LogP contribution in [0.25, 0.3) is 0 Å². The van der Waals surface area contributed by atoms with Gasteiger partial charge in [-0.3, -0.25) is 9.10 Å². The van der Waals surface area contributed by atoms with Crippen LogP contribution in [0.4, 0.5) is 5.69 Å². The van der Waals surface area contributed by atoms with E-state index in [-0.39, 0.29) is 19.0 Å². The summed E-state index contributed by atoms with van der Waals surface area (Å²) >= 11 is 7.38. The van der Waals surface area contributed by atoms with E-state index in [9.17, 15) is 13.2 Å². The minimum Gasteiger partial charge on any atom is -0.495 e. The number of anilines is 1. The third kappa shape index (κ3) is 4.62. The molecule has 0 fully saturated rings. The zero-order chi connectivity index (χ0) is 17.7. The highest BCUT2D eigenvalue weighted by Gasteiger charge is 2.19. The van der Waals surface area contributed by atoms with Gasteiger partial charge in [-0.25, -0.2) is 8.42 Å². The Bertz CT molecular complexity index is 807. The van der Waals surface area contributed by atoms with Crippen molar-refractivity contribution in [2.45, 2.75) is 0 Å². The first kappa shape index (κ1) is 18.6. The van der Waals surface area contributed by atoms with E-state index < -0.39 is 10.0 Å². The van der Waals surface area contributed by atoms with Crippen molar-refractivity contribution in [1.82, 2.24) is 5.32 Å². The molecule has 0 saturated carbocycles. The monoisotopic (exact) mass is 388 g/mol. The Hall–Kier alpha value is -1.77. The fourth-order valence-corrected chi connectivity index (χ4v) is 3.87. The molecule has 130 valence electrons. The fraction of sp³-hybridized carbons (Fsp3) is 0.267. The van der Waals surface area contributed by atoms with Gasteiger partial charge in [-0.2, -0.15) is 0 Å². The molecule has 0 aliphatic carbocycles. The van der Waals surface area contributed by atoms with Crippen LogP contribution in [0.3, 0.4) is 0 Å². The van der Waals surface area contributed by atoms with Gasteiger partial charge in [-0.15, -0.1) is 11.3 Å². The number of methoxy groups -OCH3 is 1. The minimum absolute atomic E-state index is 0.0958. The molecule has 9 heteroatoms. The molecule has 1 amide bonds. The molecule has 1 N–H and O–H groups in total. The molecule has 0 saturated heterocycles. The average Bonchev–Trinajstić information content (AvgIpc) is 3.04. The summed E-state index contributed by atoms with van der Waals surface area (Å²) in [6, 6.07) is 8.20. The lowest BCUT2D eigenvalue weighted by Crippen LogP contribution is -2.38. The zero-order valence-electron chi connectivity index (χ0n) is 13.2. The van der Waals surface area contributed by atoms with Crippen LogP contribution >= 0.6 is 22.9 Å². The molecule has 0 aliphatic rings. The Balaban J connectivity index is 2.09. The SMILES string of the molecule is COc1ccc(N(CCNC(=O)c2cccs2)S(C)(=O)=O)cc1Cl. The Morgan fingerprint density at radius 2 is 2.12 bits per heavy atom.